The maximum absolute atomic E-state index is 12.4. The highest BCUT2D eigenvalue weighted by Crippen LogP contribution is 2.15. The summed E-state index contributed by atoms with van der Waals surface area (Å²) in [6.07, 6.45) is 0. The van der Waals surface area contributed by atoms with Crippen molar-refractivity contribution in [3.63, 3.8) is 0 Å². The molecule has 1 aromatic carbocycles. The molecule has 2 amide bonds. The van der Waals surface area contributed by atoms with Crippen LogP contribution in [0.5, 0.6) is 0 Å². The molecule has 1 saturated heterocycles. The number of carbonyl (C=O) groups excluding carboxylic acids is 2. The lowest BCUT2D eigenvalue weighted by molar-refractivity contribution is -0.122. The molecule has 0 unspecified atom stereocenters. The number of fused-ring (bicyclic) bond motifs is 1. The van der Waals surface area contributed by atoms with E-state index in [0.29, 0.717) is 29.9 Å². The fraction of sp³-hybridized carbons (Fsp3) is 0.471. The van der Waals surface area contributed by atoms with E-state index in [1.54, 1.807) is 23.1 Å². The van der Waals surface area contributed by atoms with Crippen molar-refractivity contribution in [1.29, 1.82) is 0 Å². The van der Waals surface area contributed by atoms with E-state index in [9.17, 15) is 19.5 Å². The number of carbonyl (C=O) groups is 2. The zero-order valence-electron chi connectivity index (χ0n) is 15.0. The molecule has 0 radical (unpaired) electrons. The first kappa shape index (κ1) is 19.1. The number of β-amino-alcohol motifs (C(OH)–C–C–N with tert-alkyl or cyclic N) is 1. The molecule has 3 rings (SSSR count). The molecule has 1 aliphatic heterocycles. The number of aromatic nitrogens is 2. The number of aliphatic hydroxyl groups is 1. The van der Waals surface area contributed by atoms with Crippen LogP contribution < -0.4 is 16.3 Å². The van der Waals surface area contributed by atoms with Crippen molar-refractivity contribution in [2.75, 3.05) is 44.7 Å². The van der Waals surface area contributed by atoms with Gasteiger partial charge in [0.05, 0.1) is 30.8 Å². The Morgan fingerprint density at radius 3 is 2.89 bits per heavy atom. The van der Waals surface area contributed by atoms with E-state index in [0.717, 1.165) is 0 Å². The molecule has 0 aliphatic carbocycles. The van der Waals surface area contributed by atoms with E-state index in [-0.39, 0.29) is 43.7 Å². The zero-order valence-corrected chi connectivity index (χ0v) is 15.0. The lowest BCUT2D eigenvalue weighted by Crippen LogP contribution is -2.53. The summed E-state index contributed by atoms with van der Waals surface area (Å²) < 4.78 is 5.41. The maximum Gasteiger partial charge on any atom is 0.323 e. The van der Waals surface area contributed by atoms with Crippen LogP contribution in [0.4, 0.5) is 5.69 Å². The summed E-state index contributed by atoms with van der Waals surface area (Å²) in [5.74, 6) is -0.494. The zero-order chi connectivity index (χ0) is 19.4. The summed E-state index contributed by atoms with van der Waals surface area (Å²) in [6, 6.07) is 5.07. The van der Waals surface area contributed by atoms with Gasteiger partial charge >= 0.3 is 5.69 Å². The first-order chi connectivity index (χ1) is 12.8. The van der Waals surface area contributed by atoms with Crippen molar-refractivity contribution in [3.8, 4) is 0 Å². The van der Waals surface area contributed by atoms with Crippen LogP contribution in [-0.4, -0.2) is 76.8 Å². The van der Waals surface area contributed by atoms with Gasteiger partial charge in [0.15, 0.2) is 0 Å². The third kappa shape index (κ3) is 5.16. The molecule has 1 fully saturated rings. The first-order valence-electron chi connectivity index (χ1n) is 8.62. The third-order valence-corrected chi connectivity index (χ3v) is 4.27. The SMILES string of the molecule is CC(=O)NC[C@@]1(O)COCCN(CC(=O)Nc2ccc3[nH]c(=O)[nH]c3c2)C1. The van der Waals surface area contributed by atoms with Gasteiger partial charge in [-0.3, -0.25) is 14.5 Å². The summed E-state index contributed by atoms with van der Waals surface area (Å²) in [5.41, 5.74) is 0.251. The van der Waals surface area contributed by atoms with Crippen molar-refractivity contribution in [2.45, 2.75) is 12.5 Å². The standard InChI is InChI=1S/C17H23N5O5/c1-11(23)18-8-17(26)9-22(4-5-27-10-17)7-15(24)19-12-2-3-13-14(6-12)21-16(25)20-13/h2-3,6,26H,4-5,7-10H2,1H3,(H,18,23)(H,19,24)(H2,20,21,25)/t17-/m0/s1. The minimum atomic E-state index is -1.26. The smallest absolute Gasteiger partial charge is 0.323 e. The van der Waals surface area contributed by atoms with Gasteiger partial charge in [-0.25, -0.2) is 4.79 Å². The average Bonchev–Trinajstić information content (AvgIpc) is 2.85. The third-order valence-electron chi connectivity index (χ3n) is 4.27. The minimum absolute atomic E-state index is 0.0535. The number of rotatable bonds is 5. The second-order valence-electron chi connectivity index (χ2n) is 6.78. The number of hydrogen-bond donors (Lipinski definition) is 5. The van der Waals surface area contributed by atoms with Crippen LogP contribution in [0.3, 0.4) is 0 Å². The molecular formula is C17H23N5O5. The van der Waals surface area contributed by atoms with E-state index in [1.807, 2.05) is 0 Å². The van der Waals surface area contributed by atoms with E-state index < -0.39 is 5.60 Å². The Hall–Kier alpha value is -2.69. The van der Waals surface area contributed by atoms with Gasteiger partial charge in [0, 0.05) is 32.2 Å². The Bertz CT molecular complexity index is 891. The van der Waals surface area contributed by atoms with Crippen LogP contribution in [0.1, 0.15) is 6.92 Å². The van der Waals surface area contributed by atoms with Crippen LogP contribution in [0.15, 0.2) is 23.0 Å². The Balaban J connectivity index is 1.61. The summed E-state index contributed by atoms with van der Waals surface area (Å²) in [7, 11) is 0. The highest BCUT2D eigenvalue weighted by Gasteiger charge is 2.33. The van der Waals surface area contributed by atoms with Crippen molar-refractivity contribution >= 4 is 28.5 Å². The topological polar surface area (TPSA) is 140 Å². The molecule has 10 heteroatoms. The number of nitrogens with one attached hydrogen (secondary N) is 4. The van der Waals surface area contributed by atoms with Gasteiger partial charge in [0.2, 0.25) is 11.8 Å². The maximum atomic E-state index is 12.4. The number of H-pyrrole nitrogens is 2. The summed E-state index contributed by atoms with van der Waals surface area (Å²) in [5, 5.41) is 16.0. The normalized spacial score (nSPS) is 21.0. The fourth-order valence-corrected chi connectivity index (χ4v) is 3.04. The molecule has 0 bridgehead atoms. The second-order valence-corrected chi connectivity index (χ2v) is 6.78. The lowest BCUT2D eigenvalue weighted by atomic mass is 10.1. The highest BCUT2D eigenvalue weighted by atomic mass is 16.5. The minimum Gasteiger partial charge on any atom is -0.384 e. The number of benzene rings is 1. The quantitative estimate of drug-likeness (QED) is 0.453. The number of amides is 2. The molecular weight excluding hydrogens is 354 g/mol. The Morgan fingerprint density at radius 1 is 1.33 bits per heavy atom. The average molecular weight is 377 g/mol. The van der Waals surface area contributed by atoms with E-state index >= 15 is 0 Å². The summed E-state index contributed by atoms with van der Waals surface area (Å²) in [4.78, 5) is 41.9. The largest absolute Gasteiger partial charge is 0.384 e. The van der Waals surface area contributed by atoms with Gasteiger partial charge in [-0.1, -0.05) is 0 Å². The van der Waals surface area contributed by atoms with Gasteiger partial charge < -0.3 is 30.4 Å². The van der Waals surface area contributed by atoms with Crippen molar-refractivity contribution in [1.82, 2.24) is 20.2 Å². The number of aromatic amines is 2. The monoisotopic (exact) mass is 377 g/mol. The van der Waals surface area contributed by atoms with Crippen molar-refractivity contribution in [3.05, 3.63) is 28.7 Å². The summed E-state index contributed by atoms with van der Waals surface area (Å²) >= 11 is 0. The lowest BCUT2D eigenvalue weighted by Gasteiger charge is -2.30. The molecule has 1 aliphatic rings. The summed E-state index contributed by atoms with van der Waals surface area (Å²) in [6.45, 7) is 2.64. The van der Waals surface area contributed by atoms with Crippen LogP contribution in [0.2, 0.25) is 0 Å². The van der Waals surface area contributed by atoms with E-state index in [1.165, 1.54) is 6.92 Å². The Labute approximate surface area is 154 Å². The van der Waals surface area contributed by atoms with Crippen LogP contribution in [0, 0.1) is 0 Å². The van der Waals surface area contributed by atoms with Crippen molar-refractivity contribution < 1.29 is 19.4 Å². The number of anilines is 1. The first-order valence-corrected chi connectivity index (χ1v) is 8.62. The molecule has 2 heterocycles. The number of imidazole rings is 1. The number of ether oxygens (including phenoxy) is 1. The van der Waals surface area contributed by atoms with E-state index in [4.69, 9.17) is 4.74 Å². The molecule has 0 spiro atoms. The molecule has 2 aromatic rings. The fourth-order valence-electron chi connectivity index (χ4n) is 3.04. The van der Waals surface area contributed by atoms with Gasteiger partial charge in [0.25, 0.3) is 0 Å². The molecule has 10 nitrogen and oxygen atoms in total. The molecule has 146 valence electrons. The molecule has 1 aromatic heterocycles. The molecule has 0 saturated carbocycles. The molecule has 1 atom stereocenters. The van der Waals surface area contributed by atoms with Gasteiger partial charge in [-0.15, -0.1) is 0 Å². The van der Waals surface area contributed by atoms with Crippen LogP contribution in [-0.2, 0) is 14.3 Å². The van der Waals surface area contributed by atoms with Crippen LogP contribution in [0.25, 0.3) is 11.0 Å². The Kier molecular flexibility index (Phi) is 5.59. The second kappa shape index (κ2) is 7.91. The predicted molar refractivity (Wildman–Crippen MR) is 98.4 cm³/mol. The molecule has 5 N–H and O–H groups in total. The van der Waals surface area contributed by atoms with Gasteiger partial charge in [0.1, 0.15) is 5.60 Å². The predicted octanol–water partition coefficient (Wildman–Crippen LogP) is -1.01. The van der Waals surface area contributed by atoms with Gasteiger partial charge in [-0.2, -0.15) is 0 Å². The Morgan fingerprint density at radius 2 is 2.11 bits per heavy atom. The molecule has 27 heavy (non-hydrogen) atoms. The van der Waals surface area contributed by atoms with Crippen molar-refractivity contribution in [2.24, 2.45) is 0 Å². The number of nitrogens with zero attached hydrogens (tertiary/aromatic N) is 1. The van der Waals surface area contributed by atoms with E-state index in [2.05, 4.69) is 20.6 Å². The van der Waals surface area contributed by atoms with Crippen LogP contribution >= 0.6 is 0 Å². The van der Waals surface area contributed by atoms with Gasteiger partial charge in [-0.05, 0) is 18.2 Å². The number of hydrogen-bond acceptors (Lipinski definition) is 6. The highest BCUT2D eigenvalue weighted by molar-refractivity contribution is 5.94.